The molecule has 2 N–H and O–H groups in total. The first-order chi connectivity index (χ1) is 4.18. The summed E-state index contributed by atoms with van der Waals surface area (Å²) in [5.41, 5.74) is 5.60. The van der Waals surface area contributed by atoms with Crippen LogP contribution in [0.2, 0.25) is 0 Å². The highest BCUT2D eigenvalue weighted by molar-refractivity contribution is 5.02. The zero-order valence-electron chi connectivity index (χ0n) is 6.06. The Hall–Kier alpha value is -0.560. The molecule has 0 aromatic carbocycles. The maximum Gasteiger partial charge on any atom is 0.0368 e. The van der Waals surface area contributed by atoms with Gasteiger partial charge < -0.3 is 5.73 Å². The van der Waals surface area contributed by atoms with Gasteiger partial charge in [-0.1, -0.05) is 19.1 Å². The second kappa shape index (κ2) is 3.46. The van der Waals surface area contributed by atoms with E-state index in [0.29, 0.717) is 0 Å². The van der Waals surface area contributed by atoms with Crippen molar-refractivity contribution in [3.63, 3.8) is 0 Å². The SMILES string of the molecule is C=CCC(N)(C=C)CC. The first-order valence-corrected chi connectivity index (χ1v) is 3.22. The van der Waals surface area contributed by atoms with E-state index in [4.69, 9.17) is 5.73 Å². The Labute approximate surface area is 57.3 Å². The van der Waals surface area contributed by atoms with Gasteiger partial charge in [0.25, 0.3) is 0 Å². The molecule has 0 aromatic heterocycles. The Morgan fingerprint density at radius 2 is 2.11 bits per heavy atom. The Kier molecular flexibility index (Phi) is 3.25. The van der Waals surface area contributed by atoms with Gasteiger partial charge in [-0.3, -0.25) is 0 Å². The Morgan fingerprint density at radius 3 is 2.22 bits per heavy atom. The number of rotatable bonds is 4. The van der Waals surface area contributed by atoms with Crippen molar-refractivity contribution in [2.24, 2.45) is 5.73 Å². The van der Waals surface area contributed by atoms with Crippen molar-refractivity contribution in [3.8, 4) is 0 Å². The molecule has 0 aliphatic heterocycles. The van der Waals surface area contributed by atoms with Crippen LogP contribution < -0.4 is 5.73 Å². The molecule has 0 heterocycles. The van der Waals surface area contributed by atoms with Gasteiger partial charge in [0.15, 0.2) is 0 Å². The van der Waals surface area contributed by atoms with Crippen molar-refractivity contribution in [2.75, 3.05) is 0 Å². The molecule has 1 heteroatoms. The predicted octanol–water partition coefficient (Wildman–Crippen LogP) is 1.86. The van der Waals surface area contributed by atoms with Gasteiger partial charge in [-0.05, 0) is 12.8 Å². The van der Waals surface area contributed by atoms with Gasteiger partial charge in [0.05, 0.1) is 0 Å². The van der Waals surface area contributed by atoms with Crippen LogP contribution in [0.5, 0.6) is 0 Å². The Balaban J connectivity index is 3.90. The van der Waals surface area contributed by atoms with Gasteiger partial charge in [-0.2, -0.15) is 0 Å². The van der Waals surface area contributed by atoms with E-state index < -0.39 is 0 Å². The molecule has 0 aliphatic carbocycles. The molecule has 1 nitrogen and oxygen atoms in total. The lowest BCUT2D eigenvalue weighted by molar-refractivity contribution is 0.518. The van der Waals surface area contributed by atoms with Crippen molar-refractivity contribution in [2.45, 2.75) is 25.3 Å². The third-order valence-electron chi connectivity index (χ3n) is 1.59. The average molecular weight is 125 g/mol. The normalized spacial score (nSPS) is 16.2. The van der Waals surface area contributed by atoms with E-state index >= 15 is 0 Å². The van der Waals surface area contributed by atoms with Gasteiger partial charge >= 0.3 is 0 Å². The van der Waals surface area contributed by atoms with E-state index in [0.717, 1.165) is 12.8 Å². The molecule has 0 bridgehead atoms. The molecular weight excluding hydrogens is 110 g/mol. The fourth-order valence-electron chi connectivity index (χ4n) is 0.641. The largest absolute Gasteiger partial charge is 0.322 e. The van der Waals surface area contributed by atoms with Crippen LogP contribution in [0.15, 0.2) is 25.3 Å². The van der Waals surface area contributed by atoms with Crippen molar-refractivity contribution >= 4 is 0 Å². The summed E-state index contributed by atoms with van der Waals surface area (Å²) in [5.74, 6) is 0. The minimum absolute atomic E-state index is 0.220. The van der Waals surface area contributed by atoms with Crippen molar-refractivity contribution in [1.82, 2.24) is 0 Å². The summed E-state index contributed by atoms with van der Waals surface area (Å²) in [6.45, 7) is 9.31. The van der Waals surface area contributed by atoms with E-state index in [1.807, 2.05) is 13.0 Å². The molecule has 0 radical (unpaired) electrons. The molecule has 0 aromatic rings. The van der Waals surface area contributed by atoms with E-state index in [-0.39, 0.29) is 5.54 Å². The second-order valence-electron chi connectivity index (χ2n) is 2.28. The van der Waals surface area contributed by atoms with Gasteiger partial charge in [-0.15, -0.1) is 13.2 Å². The van der Waals surface area contributed by atoms with Crippen LogP contribution in [0.25, 0.3) is 0 Å². The van der Waals surface area contributed by atoms with Crippen LogP contribution in [-0.2, 0) is 0 Å². The zero-order valence-corrected chi connectivity index (χ0v) is 6.06. The predicted molar refractivity (Wildman–Crippen MR) is 42.2 cm³/mol. The Morgan fingerprint density at radius 1 is 1.56 bits per heavy atom. The molecular formula is C8H15N. The molecule has 9 heavy (non-hydrogen) atoms. The molecule has 0 spiro atoms. The minimum atomic E-state index is -0.220. The maximum absolute atomic E-state index is 5.82. The van der Waals surface area contributed by atoms with Crippen LogP contribution in [-0.4, -0.2) is 5.54 Å². The summed E-state index contributed by atoms with van der Waals surface area (Å²) in [7, 11) is 0. The fraction of sp³-hybridized carbons (Fsp3) is 0.500. The molecule has 52 valence electrons. The average Bonchev–Trinajstić information content (AvgIpc) is 1.89. The summed E-state index contributed by atoms with van der Waals surface area (Å²) < 4.78 is 0. The van der Waals surface area contributed by atoms with Crippen LogP contribution >= 0.6 is 0 Å². The van der Waals surface area contributed by atoms with Crippen LogP contribution in [0, 0.1) is 0 Å². The number of nitrogens with two attached hydrogens (primary N) is 1. The highest BCUT2D eigenvalue weighted by atomic mass is 14.7. The van der Waals surface area contributed by atoms with Crippen LogP contribution in [0.1, 0.15) is 19.8 Å². The molecule has 0 rings (SSSR count). The second-order valence-corrected chi connectivity index (χ2v) is 2.28. The van der Waals surface area contributed by atoms with Gasteiger partial charge in [0, 0.05) is 5.54 Å². The number of hydrogen-bond donors (Lipinski definition) is 1. The molecule has 1 atom stereocenters. The van der Waals surface area contributed by atoms with Gasteiger partial charge in [0.1, 0.15) is 0 Å². The minimum Gasteiger partial charge on any atom is -0.322 e. The lowest BCUT2D eigenvalue weighted by Gasteiger charge is -2.21. The van der Waals surface area contributed by atoms with Crippen molar-refractivity contribution in [3.05, 3.63) is 25.3 Å². The van der Waals surface area contributed by atoms with E-state index in [1.165, 1.54) is 0 Å². The lowest BCUT2D eigenvalue weighted by atomic mass is 9.94. The molecule has 0 saturated heterocycles. The molecule has 1 unspecified atom stereocenters. The van der Waals surface area contributed by atoms with Gasteiger partial charge in [0.2, 0.25) is 0 Å². The highest BCUT2D eigenvalue weighted by Crippen LogP contribution is 2.12. The fourth-order valence-corrected chi connectivity index (χ4v) is 0.641. The smallest absolute Gasteiger partial charge is 0.0368 e. The summed E-state index contributed by atoms with van der Waals surface area (Å²) in [5, 5.41) is 0. The van der Waals surface area contributed by atoms with E-state index in [9.17, 15) is 0 Å². The van der Waals surface area contributed by atoms with Crippen molar-refractivity contribution < 1.29 is 0 Å². The van der Waals surface area contributed by atoms with E-state index in [1.54, 1.807) is 6.08 Å². The summed E-state index contributed by atoms with van der Waals surface area (Å²) >= 11 is 0. The van der Waals surface area contributed by atoms with Gasteiger partial charge in [-0.25, -0.2) is 0 Å². The Bertz CT molecular complexity index is 107. The maximum atomic E-state index is 5.82. The van der Waals surface area contributed by atoms with Crippen LogP contribution in [0.3, 0.4) is 0 Å². The topological polar surface area (TPSA) is 26.0 Å². The van der Waals surface area contributed by atoms with Crippen LogP contribution in [0.4, 0.5) is 0 Å². The summed E-state index contributed by atoms with van der Waals surface area (Å²) in [6.07, 6.45) is 5.34. The molecule has 0 saturated carbocycles. The molecule has 0 aliphatic rings. The molecule has 0 amide bonds. The standard InChI is InChI=1S/C8H15N/c1-4-7-8(9,5-2)6-3/h4-5H,1-2,6-7,9H2,3H3. The zero-order chi connectivity index (χ0) is 7.33. The van der Waals surface area contributed by atoms with E-state index in [2.05, 4.69) is 13.2 Å². The summed E-state index contributed by atoms with van der Waals surface area (Å²) in [6, 6.07) is 0. The monoisotopic (exact) mass is 125 g/mol. The summed E-state index contributed by atoms with van der Waals surface area (Å²) in [4.78, 5) is 0. The highest BCUT2D eigenvalue weighted by Gasteiger charge is 2.14. The van der Waals surface area contributed by atoms with Crippen molar-refractivity contribution in [1.29, 1.82) is 0 Å². The first kappa shape index (κ1) is 8.44. The molecule has 0 fully saturated rings. The first-order valence-electron chi connectivity index (χ1n) is 3.22. The number of hydrogen-bond acceptors (Lipinski definition) is 1. The third kappa shape index (κ3) is 2.47. The third-order valence-corrected chi connectivity index (χ3v) is 1.59. The quantitative estimate of drug-likeness (QED) is 0.570. The lowest BCUT2D eigenvalue weighted by Crippen LogP contribution is -2.35.